The average Bonchev–Trinajstić information content (AvgIpc) is 2.55. The molecule has 0 aliphatic carbocycles. The highest BCUT2D eigenvalue weighted by atomic mass is 16.2. The summed E-state index contributed by atoms with van der Waals surface area (Å²) in [5, 5.41) is 2.93. The molecule has 1 fully saturated rings. The first kappa shape index (κ1) is 18.2. The van der Waals surface area contributed by atoms with Gasteiger partial charge >= 0.3 is 0 Å². The molecule has 0 atom stereocenters. The van der Waals surface area contributed by atoms with Crippen LogP contribution in [0.3, 0.4) is 0 Å². The molecule has 0 bridgehead atoms. The Balaban J connectivity index is 1.88. The lowest BCUT2D eigenvalue weighted by Gasteiger charge is -2.33. The van der Waals surface area contributed by atoms with Gasteiger partial charge in [0.05, 0.1) is 0 Å². The maximum atomic E-state index is 12.3. The van der Waals surface area contributed by atoms with E-state index in [0.717, 1.165) is 31.6 Å². The second kappa shape index (κ2) is 7.64. The minimum atomic E-state index is -0.223. The first-order valence-corrected chi connectivity index (χ1v) is 8.54. The van der Waals surface area contributed by atoms with Crippen molar-refractivity contribution in [3.05, 3.63) is 33.7 Å². The van der Waals surface area contributed by atoms with Crippen molar-refractivity contribution in [2.75, 3.05) is 19.6 Å². The van der Waals surface area contributed by atoms with Crippen molar-refractivity contribution in [2.24, 2.45) is 18.9 Å². The summed E-state index contributed by atoms with van der Waals surface area (Å²) in [6.45, 7) is 7.72. The molecule has 1 aromatic rings. The summed E-state index contributed by atoms with van der Waals surface area (Å²) in [5.74, 6) is 0.377. The van der Waals surface area contributed by atoms with Crippen LogP contribution in [0.5, 0.6) is 0 Å². The van der Waals surface area contributed by atoms with E-state index in [1.54, 1.807) is 18.5 Å². The molecule has 0 unspecified atom stereocenters. The van der Waals surface area contributed by atoms with Gasteiger partial charge in [0.1, 0.15) is 5.69 Å². The van der Waals surface area contributed by atoms with Gasteiger partial charge < -0.3 is 14.8 Å². The Kier molecular flexibility index (Phi) is 5.80. The minimum Gasteiger partial charge on any atom is -0.350 e. The Bertz CT molecular complexity index is 671. The lowest BCUT2D eigenvalue weighted by Crippen LogP contribution is -2.43. The van der Waals surface area contributed by atoms with Gasteiger partial charge in [-0.2, -0.15) is 0 Å². The zero-order chi connectivity index (χ0) is 17.9. The summed E-state index contributed by atoms with van der Waals surface area (Å²) in [6, 6.07) is 2.88. The van der Waals surface area contributed by atoms with Crippen LogP contribution in [0.1, 0.15) is 42.9 Å². The Morgan fingerprint density at radius 2 is 1.88 bits per heavy atom. The smallest absolute Gasteiger partial charge is 0.268 e. The predicted molar refractivity (Wildman–Crippen MR) is 92.9 cm³/mol. The molecule has 1 aliphatic rings. The van der Waals surface area contributed by atoms with E-state index in [9.17, 15) is 14.4 Å². The number of carbonyl (C=O) groups excluding carboxylic acids is 2. The van der Waals surface area contributed by atoms with Gasteiger partial charge in [0, 0.05) is 50.4 Å². The molecule has 1 aromatic heterocycles. The first-order valence-electron chi connectivity index (χ1n) is 8.54. The van der Waals surface area contributed by atoms with E-state index in [1.807, 2.05) is 18.7 Å². The third kappa shape index (κ3) is 4.24. The van der Waals surface area contributed by atoms with Crippen molar-refractivity contribution in [2.45, 2.75) is 33.6 Å². The van der Waals surface area contributed by atoms with Crippen molar-refractivity contribution in [3.63, 3.8) is 0 Å². The molecule has 2 heterocycles. The molecule has 132 valence electrons. The third-order valence-electron chi connectivity index (χ3n) is 4.72. The number of pyridine rings is 1. The molecule has 2 rings (SSSR count). The van der Waals surface area contributed by atoms with Gasteiger partial charge in [0.2, 0.25) is 5.91 Å². The van der Waals surface area contributed by atoms with Crippen molar-refractivity contribution in [1.82, 2.24) is 14.8 Å². The van der Waals surface area contributed by atoms with Crippen molar-refractivity contribution >= 4 is 11.8 Å². The highest BCUT2D eigenvalue weighted by Gasteiger charge is 2.24. The van der Waals surface area contributed by atoms with Crippen LogP contribution in [0.4, 0.5) is 0 Å². The Hall–Kier alpha value is -2.11. The van der Waals surface area contributed by atoms with Crippen LogP contribution in [0.15, 0.2) is 16.9 Å². The number of aromatic nitrogens is 1. The van der Waals surface area contributed by atoms with E-state index >= 15 is 0 Å². The normalized spacial score (nSPS) is 15.6. The zero-order valence-electron chi connectivity index (χ0n) is 15.0. The quantitative estimate of drug-likeness (QED) is 0.903. The fraction of sp³-hybridized carbons (Fsp3) is 0.611. The second-order valence-electron chi connectivity index (χ2n) is 6.91. The fourth-order valence-corrected chi connectivity index (χ4v) is 3.03. The van der Waals surface area contributed by atoms with Gasteiger partial charge in [0.15, 0.2) is 5.43 Å². The SMILES string of the molecule is Cc1cc(=O)cc(C(=O)NCC2CCN(C(=O)C(C)C)CC2)n1C. The molecule has 1 N–H and O–H groups in total. The summed E-state index contributed by atoms with van der Waals surface area (Å²) in [6.07, 6.45) is 1.79. The molecule has 6 nitrogen and oxygen atoms in total. The van der Waals surface area contributed by atoms with E-state index in [1.165, 1.54) is 12.1 Å². The van der Waals surface area contributed by atoms with Crippen LogP contribution in [0.25, 0.3) is 0 Å². The van der Waals surface area contributed by atoms with Gasteiger partial charge in [-0.25, -0.2) is 0 Å². The van der Waals surface area contributed by atoms with Crippen LogP contribution in [-0.2, 0) is 11.8 Å². The van der Waals surface area contributed by atoms with E-state index in [2.05, 4.69) is 5.32 Å². The van der Waals surface area contributed by atoms with Crippen LogP contribution in [-0.4, -0.2) is 40.9 Å². The maximum absolute atomic E-state index is 12.3. The zero-order valence-corrected chi connectivity index (χ0v) is 15.0. The standard InChI is InChI=1S/C18H27N3O3/c1-12(2)18(24)21-7-5-14(6-8-21)11-19-17(23)16-10-15(22)9-13(3)20(16)4/h9-10,12,14H,5-8,11H2,1-4H3,(H,19,23). The van der Waals surface area contributed by atoms with Crippen molar-refractivity contribution in [3.8, 4) is 0 Å². The number of piperidine rings is 1. The molecule has 0 radical (unpaired) electrons. The number of hydrogen-bond donors (Lipinski definition) is 1. The van der Waals surface area contributed by atoms with Gasteiger partial charge in [-0.05, 0) is 25.7 Å². The highest BCUT2D eigenvalue weighted by Crippen LogP contribution is 2.18. The fourth-order valence-electron chi connectivity index (χ4n) is 3.03. The average molecular weight is 333 g/mol. The molecule has 6 heteroatoms. The van der Waals surface area contributed by atoms with Gasteiger partial charge in [0.25, 0.3) is 5.91 Å². The topological polar surface area (TPSA) is 71.4 Å². The van der Waals surface area contributed by atoms with Gasteiger partial charge in [-0.1, -0.05) is 13.8 Å². The number of carbonyl (C=O) groups is 2. The monoisotopic (exact) mass is 333 g/mol. The molecule has 1 aliphatic heterocycles. The van der Waals surface area contributed by atoms with Crippen molar-refractivity contribution < 1.29 is 9.59 Å². The Morgan fingerprint density at radius 1 is 1.25 bits per heavy atom. The molecular weight excluding hydrogens is 306 g/mol. The molecule has 0 spiro atoms. The molecule has 0 saturated carbocycles. The first-order chi connectivity index (χ1) is 11.3. The van der Waals surface area contributed by atoms with Crippen LogP contribution in [0, 0.1) is 18.8 Å². The maximum Gasteiger partial charge on any atom is 0.268 e. The number of amides is 2. The van der Waals surface area contributed by atoms with Gasteiger partial charge in [-0.3, -0.25) is 14.4 Å². The van der Waals surface area contributed by atoms with Crippen LogP contribution in [0.2, 0.25) is 0 Å². The van der Waals surface area contributed by atoms with Gasteiger partial charge in [-0.15, -0.1) is 0 Å². The number of nitrogens with one attached hydrogen (secondary N) is 1. The highest BCUT2D eigenvalue weighted by molar-refractivity contribution is 5.92. The van der Waals surface area contributed by atoms with Crippen molar-refractivity contribution in [1.29, 1.82) is 0 Å². The molecule has 1 saturated heterocycles. The van der Waals surface area contributed by atoms with Crippen LogP contribution < -0.4 is 10.7 Å². The number of nitrogens with zero attached hydrogens (tertiary/aromatic N) is 2. The second-order valence-corrected chi connectivity index (χ2v) is 6.91. The number of aryl methyl sites for hydroxylation is 1. The molecule has 0 aromatic carbocycles. The summed E-state index contributed by atoms with van der Waals surface area (Å²) in [5.41, 5.74) is 0.983. The molecule has 2 amide bonds. The predicted octanol–water partition coefficient (Wildman–Crippen LogP) is 1.32. The summed E-state index contributed by atoms with van der Waals surface area (Å²) >= 11 is 0. The van der Waals surface area contributed by atoms with E-state index < -0.39 is 0 Å². The molecule has 24 heavy (non-hydrogen) atoms. The third-order valence-corrected chi connectivity index (χ3v) is 4.72. The lowest BCUT2D eigenvalue weighted by atomic mass is 9.96. The largest absolute Gasteiger partial charge is 0.350 e. The minimum absolute atomic E-state index is 0.0314. The van der Waals surface area contributed by atoms with Crippen LogP contribution >= 0.6 is 0 Å². The lowest BCUT2D eigenvalue weighted by molar-refractivity contribution is -0.135. The summed E-state index contributed by atoms with van der Waals surface area (Å²) in [4.78, 5) is 37.8. The summed E-state index contributed by atoms with van der Waals surface area (Å²) in [7, 11) is 1.78. The Labute approximate surface area is 142 Å². The Morgan fingerprint density at radius 3 is 2.46 bits per heavy atom. The van der Waals surface area contributed by atoms with E-state index in [0.29, 0.717) is 18.2 Å². The number of hydrogen-bond acceptors (Lipinski definition) is 3. The van der Waals surface area contributed by atoms with E-state index in [-0.39, 0.29) is 23.2 Å². The molecular formula is C18H27N3O3. The summed E-state index contributed by atoms with van der Waals surface area (Å²) < 4.78 is 1.72. The number of likely N-dealkylation sites (tertiary alicyclic amines) is 1. The van der Waals surface area contributed by atoms with E-state index in [4.69, 9.17) is 0 Å². The number of rotatable bonds is 4.